The summed E-state index contributed by atoms with van der Waals surface area (Å²) >= 11 is 0. The number of rotatable bonds is 5. The van der Waals surface area contributed by atoms with Gasteiger partial charge in [0.25, 0.3) is 0 Å². The second-order valence-electron chi connectivity index (χ2n) is 6.82. The van der Waals surface area contributed by atoms with E-state index in [0.717, 1.165) is 16.7 Å². The van der Waals surface area contributed by atoms with E-state index in [1.54, 1.807) is 17.0 Å². The van der Waals surface area contributed by atoms with Gasteiger partial charge in [0.05, 0.1) is 12.2 Å². The van der Waals surface area contributed by atoms with Gasteiger partial charge in [0.1, 0.15) is 5.82 Å². The largest absolute Gasteiger partial charge is 0.340 e. The van der Waals surface area contributed by atoms with Gasteiger partial charge in [-0.25, -0.2) is 12.8 Å². The predicted molar refractivity (Wildman–Crippen MR) is 102 cm³/mol. The van der Waals surface area contributed by atoms with Gasteiger partial charge in [-0.2, -0.15) is 4.31 Å². The molecule has 7 heteroatoms. The second kappa shape index (κ2) is 8.19. The van der Waals surface area contributed by atoms with Crippen LogP contribution in [-0.4, -0.2) is 49.7 Å². The van der Waals surface area contributed by atoms with Crippen molar-refractivity contribution in [2.45, 2.75) is 19.1 Å². The molecule has 1 aliphatic rings. The van der Waals surface area contributed by atoms with Crippen molar-refractivity contribution in [1.82, 2.24) is 9.21 Å². The van der Waals surface area contributed by atoms with E-state index in [1.165, 1.54) is 16.4 Å². The molecule has 27 heavy (non-hydrogen) atoms. The summed E-state index contributed by atoms with van der Waals surface area (Å²) in [7, 11) is -3.41. The van der Waals surface area contributed by atoms with Crippen LogP contribution in [0.15, 0.2) is 48.5 Å². The van der Waals surface area contributed by atoms with Crippen LogP contribution in [0.1, 0.15) is 16.7 Å². The van der Waals surface area contributed by atoms with Crippen LogP contribution in [0.3, 0.4) is 0 Å². The zero-order valence-electron chi connectivity index (χ0n) is 15.3. The molecule has 3 rings (SSSR count). The highest BCUT2D eigenvalue weighted by atomic mass is 32.2. The third kappa shape index (κ3) is 5.14. The van der Waals surface area contributed by atoms with Crippen LogP contribution in [0.2, 0.25) is 0 Å². The Morgan fingerprint density at radius 1 is 0.926 bits per heavy atom. The molecule has 0 aromatic heterocycles. The van der Waals surface area contributed by atoms with Crippen molar-refractivity contribution < 1.29 is 17.6 Å². The fourth-order valence-electron chi connectivity index (χ4n) is 3.09. The first-order valence-electron chi connectivity index (χ1n) is 8.89. The van der Waals surface area contributed by atoms with E-state index in [2.05, 4.69) is 0 Å². The number of piperazine rings is 1. The molecule has 5 nitrogen and oxygen atoms in total. The molecule has 0 unspecified atom stereocenters. The average Bonchev–Trinajstić information content (AvgIpc) is 2.65. The number of hydrogen-bond donors (Lipinski definition) is 0. The normalized spacial score (nSPS) is 15.7. The molecule has 0 spiro atoms. The molecule has 1 amide bonds. The third-order valence-corrected chi connectivity index (χ3v) is 6.57. The molecular formula is C20H23FN2O3S. The number of amides is 1. The summed E-state index contributed by atoms with van der Waals surface area (Å²) in [4.78, 5) is 14.1. The molecule has 0 aliphatic carbocycles. The van der Waals surface area contributed by atoms with E-state index in [1.807, 2.05) is 31.2 Å². The van der Waals surface area contributed by atoms with E-state index < -0.39 is 10.0 Å². The Labute approximate surface area is 159 Å². The number of carbonyl (C=O) groups excluding carboxylic acids is 1. The summed E-state index contributed by atoms with van der Waals surface area (Å²) < 4.78 is 39.7. The minimum atomic E-state index is -3.41. The minimum Gasteiger partial charge on any atom is -0.340 e. The summed E-state index contributed by atoms with van der Waals surface area (Å²) in [5.41, 5.74) is 2.59. The van der Waals surface area contributed by atoms with Crippen molar-refractivity contribution >= 4 is 15.9 Å². The maximum absolute atomic E-state index is 13.0. The molecule has 0 N–H and O–H groups in total. The summed E-state index contributed by atoms with van der Waals surface area (Å²) in [6, 6.07) is 13.3. The van der Waals surface area contributed by atoms with Gasteiger partial charge in [0.2, 0.25) is 15.9 Å². The first-order chi connectivity index (χ1) is 12.8. The highest BCUT2D eigenvalue weighted by molar-refractivity contribution is 7.88. The summed E-state index contributed by atoms with van der Waals surface area (Å²) in [5, 5.41) is 0. The van der Waals surface area contributed by atoms with Crippen LogP contribution >= 0.6 is 0 Å². The average molecular weight is 390 g/mol. The second-order valence-corrected chi connectivity index (χ2v) is 8.79. The molecule has 0 atom stereocenters. The number of hydrogen-bond acceptors (Lipinski definition) is 3. The van der Waals surface area contributed by atoms with Gasteiger partial charge in [0, 0.05) is 26.2 Å². The highest BCUT2D eigenvalue weighted by Gasteiger charge is 2.28. The van der Waals surface area contributed by atoms with E-state index in [0.29, 0.717) is 26.2 Å². The lowest BCUT2D eigenvalue weighted by Gasteiger charge is -2.34. The van der Waals surface area contributed by atoms with Crippen molar-refractivity contribution in [3.05, 3.63) is 71.0 Å². The number of carbonyl (C=O) groups is 1. The van der Waals surface area contributed by atoms with Crippen LogP contribution in [-0.2, 0) is 27.0 Å². The SMILES string of the molecule is Cc1ccc(CS(=O)(=O)N2CCN(C(=O)Cc3ccc(F)cc3)CC2)cc1. The minimum absolute atomic E-state index is 0.0309. The Bertz CT molecular complexity index is 888. The molecule has 2 aromatic rings. The number of halogens is 1. The van der Waals surface area contributed by atoms with Crippen LogP contribution in [0.4, 0.5) is 4.39 Å². The molecule has 144 valence electrons. The Morgan fingerprint density at radius 3 is 2.07 bits per heavy atom. The van der Waals surface area contributed by atoms with Crippen LogP contribution in [0.25, 0.3) is 0 Å². The number of aryl methyl sites for hydroxylation is 1. The van der Waals surface area contributed by atoms with Gasteiger partial charge in [-0.15, -0.1) is 0 Å². The van der Waals surface area contributed by atoms with Crippen molar-refractivity contribution in [2.24, 2.45) is 0 Å². The van der Waals surface area contributed by atoms with Crippen molar-refractivity contribution in [3.63, 3.8) is 0 Å². The maximum Gasteiger partial charge on any atom is 0.227 e. The first-order valence-corrected chi connectivity index (χ1v) is 10.5. The Balaban J connectivity index is 1.55. The molecule has 0 saturated carbocycles. The van der Waals surface area contributed by atoms with Crippen molar-refractivity contribution in [3.8, 4) is 0 Å². The van der Waals surface area contributed by atoms with Crippen molar-refractivity contribution in [2.75, 3.05) is 26.2 Å². The van der Waals surface area contributed by atoms with E-state index >= 15 is 0 Å². The van der Waals surface area contributed by atoms with Gasteiger partial charge in [-0.05, 0) is 30.2 Å². The molecule has 0 radical (unpaired) electrons. The van der Waals surface area contributed by atoms with E-state index in [9.17, 15) is 17.6 Å². The number of benzene rings is 2. The number of nitrogens with zero attached hydrogens (tertiary/aromatic N) is 2. The number of sulfonamides is 1. The summed E-state index contributed by atoms with van der Waals surface area (Å²) in [6.45, 7) is 3.29. The molecular weight excluding hydrogens is 367 g/mol. The third-order valence-electron chi connectivity index (χ3n) is 4.72. The van der Waals surface area contributed by atoms with Gasteiger partial charge in [0.15, 0.2) is 0 Å². The smallest absolute Gasteiger partial charge is 0.227 e. The predicted octanol–water partition coefficient (Wildman–Crippen LogP) is 2.35. The topological polar surface area (TPSA) is 57.7 Å². The lowest BCUT2D eigenvalue weighted by molar-refractivity contribution is -0.131. The van der Waals surface area contributed by atoms with Crippen LogP contribution in [0.5, 0.6) is 0 Å². The van der Waals surface area contributed by atoms with Crippen molar-refractivity contribution in [1.29, 1.82) is 0 Å². The van der Waals surface area contributed by atoms with Gasteiger partial charge >= 0.3 is 0 Å². The summed E-state index contributed by atoms with van der Waals surface area (Å²) in [5.74, 6) is -0.438. The molecule has 0 bridgehead atoms. The van der Waals surface area contributed by atoms with Crippen LogP contribution < -0.4 is 0 Å². The molecule has 2 aromatic carbocycles. The fraction of sp³-hybridized carbons (Fsp3) is 0.350. The van der Waals surface area contributed by atoms with E-state index in [4.69, 9.17) is 0 Å². The Morgan fingerprint density at radius 2 is 1.48 bits per heavy atom. The zero-order valence-corrected chi connectivity index (χ0v) is 16.1. The van der Waals surface area contributed by atoms with Gasteiger partial charge < -0.3 is 4.90 Å². The van der Waals surface area contributed by atoms with Gasteiger partial charge in [-0.1, -0.05) is 42.0 Å². The van der Waals surface area contributed by atoms with Crippen LogP contribution in [0, 0.1) is 12.7 Å². The van der Waals surface area contributed by atoms with E-state index in [-0.39, 0.29) is 23.9 Å². The molecule has 1 fully saturated rings. The Kier molecular flexibility index (Phi) is 5.92. The fourth-order valence-corrected chi connectivity index (χ4v) is 4.61. The lowest BCUT2D eigenvalue weighted by Crippen LogP contribution is -2.51. The standard InChI is InChI=1S/C20H23FN2O3S/c1-16-2-4-18(5-3-16)15-27(25,26)23-12-10-22(11-13-23)20(24)14-17-6-8-19(21)9-7-17/h2-9H,10-15H2,1H3. The highest BCUT2D eigenvalue weighted by Crippen LogP contribution is 2.15. The monoisotopic (exact) mass is 390 g/mol. The summed E-state index contributed by atoms with van der Waals surface area (Å²) in [6.07, 6.45) is 0.191. The first kappa shape index (κ1) is 19.5. The lowest BCUT2D eigenvalue weighted by atomic mass is 10.1. The maximum atomic E-state index is 13.0. The molecule has 1 heterocycles. The zero-order chi connectivity index (χ0) is 19.4. The molecule has 1 aliphatic heterocycles. The Hall–Kier alpha value is -2.25. The quantitative estimate of drug-likeness (QED) is 0.788. The molecule has 1 saturated heterocycles. The van der Waals surface area contributed by atoms with Gasteiger partial charge in [-0.3, -0.25) is 4.79 Å².